The van der Waals surface area contributed by atoms with Crippen LogP contribution < -0.4 is 0 Å². The molecule has 136 valence electrons. The molecule has 4 heteroatoms. The summed E-state index contributed by atoms with van der Waals surface area (Å²) in [4.78, 5) is 1.26. The predicted octanol–water partition coefficient (Wildman–Crippen LogP) is 5.02. The summed E-state index contributed by atoms with van der Waals surface area (Å²) in [5.41, 5.74) is 0. The molecule has 0 amide bonds. The maximum absolute atomic E-state index is 10.9. The molecule has 0 radical (unpaired) electrons. The third kappa shape index (κ3) is 6.07. The van der Waals surface area contributed by atoms with Crippen molar-refractivity contribution in [2.75, 3.05) is 13.2 Å². The SMILES string of the molecule is CCOC(C)OCCCC(O)C1(Sc2ccccc2)CCCCC1. The summed E-state index contributed by atoms with van der Waals surface area (Å²) in [6.45, 7) is 5.20. The van der Waals surface area contributed by atoms with Crippen LogP contribution in [0.4, 0.5) is 0 Å². The summed E-state index contributed by atoms with van der Waals surface area (Å²) in [5.74, 6) is 0. The highest BCUT2D eigenvalue weighted by Gasteiger charge is 2.39. The third-order valence-electron chi connectivity index (χ3n) is 4.75. The van der Waals surface area contributed by atoms with Crippen molar-refractivity contribution in [3.63, 3.8) is 0 Å². The van der Waals surface area contributed by atoms with Gasteiger partial charge in [-0.3, -0.25) is 0 Å². The summed E-state index contributed by atoms with van der Waals surface area (Å²) in [7, 11) is 0. The Kier molecular flexibility index (Phi) is 8.60. The van der Waals surface area contributed by atoms with E-state index in [0.717, 1.165) is 25.7 Å². The van der Waals surface area contributed by atoms with Crippen LogP contribution in [-0.2, 0) is 9.47 Å². The number of aliphatic hydroxyl groups excluding tert-OH is 1. The highest BCUT2D eigenvalue weighted by molar-refractivity contribution is 8.00. The van der Waals surface area contributed by atoms with E-state index in [1.165, 1.54) is 24.2 Å². The average molecular weight is 353 g/mol. The Bertz CT molecular complexity index is 445. The Balaban J connectivity index is 1.87. The molecule has 1 aromatic carbocycles. The summed E-state index contributed by atoms with van der Waals surface area (Å²) in [5, 5.41) is 10.9. The van der Waals surface area contributed by atoms with E-state index < -0.39 is 0 Å². The molecule has 0 aliphatic heterocycles. The summed E-state index contributed by atoms with van der Waals surface area (Å²) >= 11 is 1.88. The van der Waals surface area contributed by atoms with Gasteiger partial charge in [-0.15, -0.1) is 11.8 Å². The smallest absolute Gasteiger partial charge is 0.154 e. The molecule has 3 nitrogen and oxygen atoms in total. The number of rotatable bonds is 10. The molecular formula is C20H32O3S. The maximum Gasteiger partial charge on any atom is 0.154 e. The molecule has 1 aromatic rings. The highest BCUT2D eigenvalue weighted by Crippen LogP contribution is 2.47. The standard InChI is InChI=1S/C20H32O3S/c1-3-22-17(2)23-16-10-13-19(21)20(14-8-5-9-15-20)24-18-11-6-4-7-12-18/h4,6-7,11-12,17,19,21H,3,5,8-10,13-16H2,1-2H3. The molecule has 1 aliphatic carbocycles. The van der Waals surface area contributed by atoms with E-state index in [9.17, 15) is 5.11 Å². The molecule has 24 heavy (non-hydrogen) atoms. The van der Waals surface area contributed by atoms with Gasteiger partial charge in [-0.2, -0.15) is 0 Å². The Morgan fingerprint density at radius 1 is 1.12 bits per heavy atom. The van der Waals surface area contributed by atoms with Gasteiger partial charge in [0.25, 0.3) is 0 Å². The minimum absolute atomic E-state index is 0.0366. The van der Waals surface area contributed by atoms with Gasteiger partial charge in [0.15, 0.2) is 6.29 Å². The Labute approximate surface area is 151 Å². The fourth-order valence-corrected chi connectivity index (χ4v) is 4.96. The van der Waals surface area contributed by atoms with E-state index in [4.69, 9.17) is 9.47 Å². The lowest BCUT2D eigenvalue weighted by molar-refractivity contribution is -0.128. The monoisotopic (exact) mass is 352 g/mol. The van der Waals surface area contributed by atoms with Crippen molar-refractivity contribution in [1.82, 2.24) is 0 Å². The molecule has 0 aromatic heterocycles. The van der Waals surface area contributed by atoms with E-state index in [-0.39, 0.29) is 17.1 Å². The first-order chi connectivity index (χ1) is 11.7. The molecule has 1 fully saturated rings. The first-order valence-corrected chi connectivity index (χ1v) is 10.1. The van der Waals surface area contributed by atoms with Crippen molar-refractivity contribution in [3.8, 4) is 0 Å². The van der Waals surface area contributed by atoms with Crippen LogP contribution in [0.1, 0.15) is 58.8 Å². The largest absolute Gasteiger partial charge is 0.392 e. The van der Waals surface area contributed by atoms with Gasteiger partial charge >= 0.3 is 0 Å². The zero-order valence-corrected chi connectivity index (χ0v) is 15.9. The molecule has 0 heterocycles. The third-order valence-corrected chi connectivity index (χ3v) is 6.34. The van der Waals surface area contributed by atoms with Crippen LogP contribution in [0.25, 0.3) is 0 Å². The van der Waals surface area contributed by atoms with Gasteiger partial charge < -0.3 is 14.6 Å². The van der Waals surface area contributed by atoms with Gasteiger partial charge in [0, 0.05) is 22.9 Å². The van der Waals surface area contributed by atoms with Crippen LogP contribution in [0.5, 0.6) is 0 Å². The maximum atomic E-state index is 10.9. The number of hydrogen-bond acceptors (Lipinski definition) is 4. The lowest BCUT2D eigenvalue weighted by Crippen LogP contribution is -2.41. The topological polar surface area (TPSA) is 38.7 Å². The second-order valence-corrected chi connectivity index (χ2v) is 8.08. The highest BCUT2D eigenvalue weighted by atomic mass is 32.2. The van der Waals surface area contributed by atoms with E-state index in [1.807, 2.05) is 31.7 Å². The number of aliphatic hydroxyl groups is 1. The van der Waals surface area contributed by atoms with Crippen LogP contribution in [0, 0.1) is 0 Å². The Hall–Kier alpha value is -0.550. The lowest BCUT2D eigenvalue weighted by atomic mass is 9.82. The minimum atomic E-state index is -0.283. The molecule has 2 atom stereocenters. The molecule has 0 spiro atoms. The van der Waals surface area contributed by atoms with E-state index in [1.54, 1.807) is 0 Å². The van der Waals surface area contributed by atoms with Crippen molar-refractivity contribution in [2.24, 2.45) is 0 Å². The molecular weight excluding hydrogens is 320 g/mol. The summed E-state index contributed by atoms with van der Waals surface area (Å²) < 4.78 is 11.0. The quantitative estimate of drug-likeness (QED) is 0.474. The van der Waals surface area contributed by atoms with Gasteiger partial charge in [-0.25, -0.2) is 0 Å². The van der Waals surface area contributed by atoms with Crippen molar-refractivity contribution < 1.29 is 14.6 Å². The molecule has 2 unspecified atom stereocenters. The van der Waals surface area contributed by atoms with Crippen LogP contribution >= 0.6 is 11.8 Å². The van der Waals surface area contributed by atoms with Gasteiger partial charge in [-0.05, 0) is 51.7 Å². The predicted molar refractivity (Wildman–Crippen MR) is 100 cm³/mol. The van der Waals surface area contributed by atoms with Crippen LogP contribution in [-0.4, -0.2) is 35.5 Å². The van der Waals surface area contributed by atoms with Gasteiger partial charge in [0.05, 0.1) is 6.10 Å². The fourth-order valence-electron chi connectivity index (χ4n) is 3.45. The molecule has 0 saturated heterocycles. The molecule has 1 aliphatic rings. The normalized spacial score (nSPS) is 19.8. The Morgan fingerprint density at radius 2 is 1.83 bits per heavy atom. The van der Waals surface area contributed by atoms with E-state index in [2.05, 4.69) is 24.3 Å². The second-order valence-electron chi connectivity index (χ2n) is 6.59. The second kappa shape index (κ2) is 10.4. The van der Waals surface area contributed by atoms with Crippen molar-refractivity contribution in [2.45, 2.75) is 80.8 Å². The minimum Gasteiger partial charge on any atom is -0.392 e. The van der Waals surface area contributed by atoms with Crippen molar-refractivity contribution in [1.29, 1.82) is 0 Å². The van der Waals surface area contributed by atoms with Gasteiger partial charge in [0.1, 0.15) is 0 Å². The zero-order valence-electron chi connectivity index (χ0n) is 15.1. The number of hydrogen-bond donors (Lipinski definition) is 1. The van der Waals surface area contributed by atoms with Crippen LogP contribution in [0.2, 0.25) is 0 Å². The number of benzene rings is 1. The summed E-state index contributed by atoms with van der Waals surface area (Å²) in [6.07, 6.45) is 7.15. The van der Waals surface area contributed by atoms with Crippen LogP contribution in [0.15, 0.2) is 35.2 Å². The zero-order chi connectivity index (χ0) is 17.3. The molecule has 2 rings (SSSR count). The average Bonchev–Trinajstić information content (AvgIpc) is 2.60. The summed E-state index contributed by atoms with van der Waals surface area (Å²) in [6, 6.07) is 10.5. The van der Waals surface area contributed by atoms with Crippen molar-refractivity contribution >= 4 is 11.8 Å². The van der Waals surface area contributed by atoms with Gasteiger partial charge in [-0.1, -0.05) is 37.5 Å². The first-order valence-electron chi connectivity index (χ1n) is 9.31. The van der Waals surface area contributed by atoms with Gasteiger partial charge in [0.2, 0.25) is 0 Å². The van der Waals surface area contributed by atoms with Crippen LogP contribution in [0.3, 0.4) is 0 Å². The molecule has 1 saturated carbocycles. The molecule has 0 bridgehead atoms. The lowest BCUT2D eigenvalue weighted by Gasteiger charge is -2.41. The van der Waals surface area contributed by atoms with E-state index >= 15 is 0 Å². The number of ether oxygens (including phenoxy) is 2. The molecule has 1 N–H and O–H groups in total. The fraction of sp³-hybridized carbons (Fsp3) is 0.700. The first kappa shape index (κ1) is 19.8. The van der Waals surface area contributed by atoms with E-state index in [0.29, 0.717) is 13.2 Å². The van der Waals surface area contributed by atoms with Crippen molar-refractivity contribution in [3.05, 3.63) is 30.3 Å². The number of thioether (sulfide) groups is 1. The Morgan fingerprint density at radius 3 is 2.50 bits per heavy atom.